The van der Waals surface area contributed by atoms with E-state index in [0.29, 0.717) is 19.6 Å². The van der Waals surface area contributed by atoms with Crippen LogP contribution in [0.4, 0.5) is 0 Å². The van der Waals surface area contributed by atoms with Gasteiger partial charge in [0.25, 0.3) is 0 Å². The van der Waals surface area contributed by atoms with E-state index in [9.17, 15) is 9.90 Å². The van der Waals surface area contributed by atoms with Crippen LogP contribution in [0.3, 0.4) is 0 Å². The Hall–Kier alpha value is -1.39. The highest BCUT2D eigenvalue weighted by molar-refractivity contribution is 5.69. The van der Waals surface area contributed by atoms with Gasteiger partial charge in [-0.2, -0.15) is 0 Å². The summed E-state index contributed by atoms with van der Waals surface area (Å²) in [6.07, 6.45) is 71.1. The molecule has 61 heavy (non-hydrogen) atoms. The van der Waals surface area contributed by atoms with Crippen LogP contribution >= 0.6 is 0 Å². The molecule has 0 bridgehead atoms. The van der Waals surface area contributed by atoms with Crippen LogP contribution in [0.2, 0.25) is 0 Å². The zero-order chi connectivity index (χ0) is 44.0. The van der Waals surface area contributed by atoms with Crippen molar-refractivity contribution in [2.45, 2.75) is 302 Å². The van der Waals surface area contributed by atoms with E-state index in [1.54, 1.807) is 0 Å². The van der Waals surface area contributed by atoms with Crippen LogP contribution < -0.4 is 0 Å². The van der Waals surface area contributed by atoms with Gasteiger partial charge in [-0.3, -0.25) is 4.79 Å². The smallest absolute Gasteiger partial charge is 0.306 e. The maximum absolute atomic E-state index is 12.3. The quantitative estimate of drug-likeness (QED) is 0.0376. The summed E-state index contributed by atoms with van der Waals surface area (Å²) in [5, 5.41) is 9.67. The van der Waals surface area contributed by atoms with Gasteiger partial charge in [-0.15, -0.1) is 0 Å². The maximum Gasteiger partial charge on any atom is 0.306 e. The molecule has 360 valence electrons. The molecule has 0 aromatic rings. The summed E-state index contributed by atoms with van der Waals surface area (Å²) < 4.78 is 11.2. The lowest BCUT2D eigenvalue weighted by Crippen LogP contribution is -2.27. The molecule has 1 atom stereocenters. The first-order valence-corrected chi connectivity index (χ1v) is 27.6. The number of allylic oxidation sites excluding steroid dienone is 6. The Labute approximate surface area is 382 Å². The normalized spacial score (nSPS) is 12.5. The average molecular weight is 857 g/mol. The van der Waals surface area contributed by atoms with Crippen LogP contribution in [0.25, 0.3) is 0 Å². The number of carbonyl (C=O) groups excluding carboxylic acids is 1. The number of carbonyl (C=O) groups is 1. The van der Waals surface area contributed by atoms with Gasteiger partial charge >= 0.3 is 5.97 Å². The molecule has 0 spiro atoms. The fourth-order valence-corrected chi connectivity index (χ4v) is 8.30. The maximum atomic E-state index is 12.3. The number of esters is 1. The third-order valence-electron chi connectivity index (χ3n) is 12.4. The number of rotatable bonds is 52. The van der Waals surface area contributed by atoms with Crippen molar-refractivity contribution in [3.05, 3.63) is 36.5 Å². The lowest BCUT2D eigenvalue weighted by atomic mass is 10.0. The highest BCUT2D eigenvalue weighted by Gasteiger charge is 2.13. The van der Waals surface area contributed by atoms with Gasteiger partial charge in [0, 0.05) is 13.0 Å². The first-order chi connectivity index (χ1) is 30.2. The Morgan fingerprint density at radius 2 is 0.689 bits per heavy atom. The molecule has 0 rings (SSSR count). The number of aliphatic hydroxyl groups is 1. The van der Waals surface area contributed by atoms with Crippen molar-refractivity contribution in [2.24, 2.45) is 0 Å². The van der Waals surface area contributed by atoms with Gasteiger partial charge in [-0.05, 0) is 70.6 Å². The highest BCUT2D eigenvalue weighted by atomic mass is 16.6. The van der Waals surface area contributed by atoms with Crippen molar-refractivity contribution >= 4 is 5.97 Å². The second kappa shape index (κ2) is 54.7. The standard InChI is InChI=1S/C57H108O4/c1-3-5-7-9-11-13-15-17-19-21-23-25-27-28-29-31-33-35-37-39-41-43-45-47-49-51-53-60-55-56(54-58)61-57(59)52-50-48-46-44-42-40-38-36-34-32-30-26-24-22-20-18-16-14-12-10-8-6-4-2/h16,18,21-24,56,58H,3-15,17,19-20,25-55H2,1-2H3/b18-16-,23-21-,24-22-. The van der Waals surface area contributed by atoms with E-state index >= 15 is 0 Å². The van der Waals surface area contributed by atoms with Crippen LogP contribution in [-0.4, -0.2) is 37.0 Å². The molecule has 0 aliphatic carbocycles. The Bertz CT molecular complexity index is 909. The first kappa shape index (κ1) is 59.6. The second-order valence-electron chi connectivity index (χ2n) is 18.7. The zero-order valence-electron chi connectivity index (χ0n) is 41.4. The fourth-order valence-electron chi connectivity index (χ4n) is 8.30. The third kappa shape index (κ3) is 52.9. The van der Waals surface area contributed by atoms with Crippen LogP contribution in [-0.2, 0) is 14.3 Å². The Morgan fingerprint density at radius 3 is 1.03 bits per heavy atom. The van der Waals surface area contributed by atoms with Gasteiger partial charge in [0.2, 0.25) is 0 Å². The molecule has 1 unspecified atom stereocenters. The lowest BCUT2D eigenvalue weighted by molar-refractivity contribution is -0.154. The predicted molar refractivity (Wildman–Crippen MR) is 270 cm³/mol. The van der Waals surface area contributed by atoms with E-state index in [-0.39, 0.29) is 12.6 Å². The van der Waals surface area contributed by atoms with E-state index in [0.717, 1.165) is 25.7 Å². The molecule has 0 fully saturated rings. The molecule has 0 saturated heterocycles. The summed E-state index contributed by atoms with van der Waals surface area (Å²) >= 11 is 0. The van der Waals surface area contributed by atoms with Crippen LogP contribution in [0, 0.1) is 0 Å². The van der Waals surface area contributed by atoms with Gasteiger partial charge in [-0.25, -0.2) is 0 Å². The molecular weight excluding hydrogens is 749 g/mol. The molecule has 0 aromatic heterocycles. The highest BCUT2D eigenvalue weighted by Crippen LogP contribution is 2.16. The summed E-state index contributed by atoms with van der Waals surface area (Å²) in [5.41, 5.74) is 0. The summed E-state index contributed by atoms with van der Waals surface area (Å²) in [6.45, 7) is 5.38. The van der Waals surface area contributed by atoms with Crippen molar-refractivity contribution in [1.82, 2.24) is 0 Å². The van der Waals surface area contributed by atoms with Crippen molar-refractivity contribution < 1.29 is 19.4 Å². The molecule has 0 saturated carbocycles. The van der Waals surface area contributed by atoms with Crippen molar-refractivity contribution in [2.75, 3.05) is 19.8 Å². The number of unbranched alkanes of at least 4 members (excludes halogenated alkanes) is 38. The van der Waals surface area contributed by atoms with Crippen molar-refractivity contribution in [3.8, 4) is 0 Å². The van der Waals surface area contributed by atoms with Crippen molar-refractivity contribution in [1.29, 1.82) is 0 Å². The molecule has 4 heteroatoms. The van der Waals surface area contributed by atoms with E-state index in [1.165, 1.54) is 250 Å². The van der Waals surface area contributed by atoms with E-state index < -0.39 is 6.10 Å². The van der Waals surface area contributed by atoms with Gasteiger partial charge < -0.3 is 14.6 Å². The minimum Gasteiger partial charge on any atom is -0.457 e. The van der Waals surface area contributed by atoms with Crippen LogP contribution in [0.1, 0.15) is 296 Å². The predicted octanol–water partition coefficient (Wildman–Crippen LogP) is 18.8. The van der Waals surface area contributed by atoms with Gasteiger partial charge in [0.15, 0.2) is 0 Å². The van der Waals surface area contributed by atoms with E-state index in [1.807, 2.05) is 0 Å². The van der Waals surface area contributed by atoms with Crippen molar-refractivity contribution in [3.63, 3.8) is 0 Å². The molecule has 0 aromatic carbocycles. The first-order valence-electron chi connectivity index (χ1n) is 27.6. The molecule has 0 amide bonds. The molecule has 0 aliphatic heterocycles. The summed E-state index contributed by atoms with van der Waals surface area (Å²) in [5.74, 6) is -0.198. The molecule has 4 nitrogen and oxygen atoms in total. The molecule has 0 heterocycles. The van der Waals surface area contributed by atoms with E-state index in [2.05, 4.69) is 50.3 Å². The Morgan fingerprint density at radius 1 is 0.393 bits per heavy atom. The molecule has 0 aliphatic rings. The topological polar surface area (TPSA) is 55.8 Å². The fraction of sp³-hybridized carbons (Fsp3) is 0.877. The van der Waals surface area contributed by atoms with Gasteiger partial charge in [0.1, 0.15) is 6.10 Å². The number of ether oxygens (including phenoxy) is 2. The summed E-state index contributed by atoms with van der Waals surface area (Å²) in [6, 6.07) is 0. The van der Waals surface area contributed by atoms with Gasteiger partial charge in [-0.1, -0.05) is 256 Å². The zero-order valence-corrected chi connectivity index (χ0v) is 41.4. The minimum atomic E-state index is -0.535. The SMILES string of the molecule is CCCCCCC/C=C\C/C=C\CCCCCCCCCCCCCC(=O)OC(CO)COCCCCCCCCCCCCCCCC/C=C\CCCCCCCCCC. The molecule has 0 radical (unpaired) electrons. The number of aliphatic hydroxyl groups excluding tert-OH is 1. The number of hydrogen-bond acceptors (Lipinski definition) is 4. The second-order valence-corrected chi connectivity index (χ2v) is 18.7. The Kier molecular flexibility index (Phi) is 53.5. The van der Waals surface area contributed by atoms with Crippen LogP contribution in [0.15, 0.2) is 36.5 Å². The largest absolute Gasteiger partial charge is 0.457 e. The molecular formula is C57H108O4. The van der Waals surface area contributed by atoms with Crippen LogP contribution in [0.5, 0.6) is 0 Å². The van der Waals surface area contributed by atoms with Gasteiger partial charge in [0.05, 0.1) is 13.2 Å². The summed E-state index contributed by atoms with van der Waals surface area (Å²) in [7, 11) is 0. The average Bonchev–Trinajstić information content (AvgIpc) is 3.27. The Balaban J connectivity index is 3.37. The third-order valence-corrected chi connectivity index (χ3v) is 12.4. The number of hydrogen-bond donors (Lipinski definition) is 1. The molecule has 1 N–H and O–H groups in total. The minimum absolute atomic E-state index is 0.169. The van der Waals surface area contributed by atoms with E-state index in [4.69, 9.17) is 9.47 Å². The monoisotopic (exact) mass is 857 g/mol. The summed E-state index contributed by atoms with van der Waals surface area (Å²) in [4.78, 5) is 12.3. The lowest BCUT2D eigenvalue weighted by Gasteiger charge is -2.16.